The summed E-state index contributed by atoms with van der Waals surface area (Å²) in [5.41, 5.74) is 7.47. The standard InChI is InChI=1S/C16H24N2O3/c1-16(2)8-7-12(21-16)10-20-15(19)13-9-11(17)5-6-14(13)18(3)4/h5-6,9,12H,7-8,10,17H2,1-4H3. The molecule has 5 heteroatoms. The maximum absolute atomic E-state index is 12.3. The highest BCUT2D eigenvalue weighted by atomic mass is 16.6. The molecule has 1 aromatic rings. The number of carbonyl (C=O) groups is 1. The van der Waals surface area contributed by atoms with Crippen LogP contribution in [0.4, 0.5) is 11.4 Å². The molecule has 21 heavy (non-hydrogen) atoms. The number of rotatable bonds is 4. The molecule has 5 nitrogen and oxygen atoms in total. The van der Waals surface area contributed by atoms with E-state index in [0.29, 0.717) is 11.3 Å². The van der Waals surface area contributed by atoms with Crippen LogP contribution in [0.15, 0.2) is 18.2 Å². The fourth-order valence-electron chi connectivity index (χ4n) is 2.55. The van der Waals surface area contributed by atoms with E-state index in [2.05, 4.69) is 13.8 Å². The van der Waals surface area contributed by atoms with E-state index in [1.807, 2.05) is 25.1 Å². The van der Waals surface area contributed by atoms with Gasteiger partial charge in [-0.3, -0.25) is 0 Å². The second-order valence-electron chi connectivity index (χ2n) is 6.31. The fourth-order valence-corrected chi connectivity index (χ4v) is 2.55. The molecule has 1 unspecified atom stereocenters. The summed E-state index contributed by atoms with van der Waals surface area (Å²) in [5.74, 6) is -0.362. The minimum Gasteiger partial charge on any atom is -0.459 e. The zero-order valence-corrected chi connectivity index (χ0v) is 13.2. The lowest BCUT2D eigenvalue weighted by Gasteiger charge is -2.20. The molecule has 0 bridgehead atoms. The van der Waals surface area contributed by atoms with Crippen molar-refractivity contribution >= 4 is 17.3 Å². The summed E-state index contributed by atoms with van der Waals surface area (Å²) in [5, 5.41) is 0. The zero-order valence-electron chi connectivity index (χ0n) is 13.2. The van der Waals surface area contributed by atoms with Gasteiger partial charge in [-0.1, -0.05) is 0 Å². The number of esters is 1. The van der Waals surface area contributed by atoms with Crippen LogP contribution in [-0.2, 0) is 9.47 Å². The summed E-state index contributed by atoms with van der Waals surface area (Å²) in [6.07, 6.45) is 1.88. The zero-order chi connectivity index (χ0) is 15.6. The Labute approximate surface area is 126 Å². The van der Waals surface area contributed by atoms with Gasteiger partial charge in [-0.2, -0.15) is 0 Å². The molecule has 1 aliphatic rings. The molecule has 1 aromatic carbocycles. The van der Waals surface area contributed by atoms with E-state index < -0.39 is 0 Å². The summed E-state index contributed by atoms with van der Waals surface area (Å²) in [6.45, 7) is 4.39. The third-order valence-electron chi connectivity index (χ3n) is 3.68. The summed E-state index contributed by atoms with van der Waals surface area (Å²) in [6, 6.07) is 5.24. The fraction of sp³-hybridized carbons (Fsp3) is 0.562. The Kier molecular flexibility index (Phi) is 4.42. The van der Waals surface area contributed by atoms with E-state index in [0.717, 1.165) is 18.5 Å². The number of hydrogen-bond donors (Lipinski definition) is 1. The first kappa shape index (κ1) is 15.6. The van der Waals surface area contributed by atoms with Crippen LogP contribution in [0.3, 0.4) is 0 Å². The van der Waals surface area contributed by atoms with Crippen LogP contribution in [0, 0.1) is 0 Å². The number of benzene rings is 1. The van der Waals surface area contributed by atoms with Crippen LogP contribution in [0.25, 0.3) is 0 Å². The minimum absolute atomic E-state index is 0.0205. The molecule has 1 saturated heterocycles. The number of nitrogens with two attached hydrogens (primary N) is 1. The molecule has 2 N–H and O–H groups in total. The lowest BCUT2D eigenvalue weighted by molar-refractivity contribution is -0.0444. The number of anilines is 2. The average Bonchev–Trinajstić information content (AvgIpc) is 2.75. The van der Waals surface area contributed by atoms with Gasteiger partial charge in [-0.25, -0.2) is 4.79 Å². The summed E-state index contributed by atoms with van der Waals surface area (Å²) in [4.78, 5) is 14.1. The highest BCUT2D eigenvalue weighted by Gasteiger charge is 2.32. The van der Waals surface area contributed by atoms with Gasteiger partial charge in [0.05, 0.1) is 23.0 Å². The average molecular weight is 292 g/mol. The third-order valence-corrected chi connectivity index (χ3v) is 3.68. The first-order chi connectivity index (χ1) is 9.78. The van der Waals surface area contributed by atoms with Crippen molar-refractivity contribution in [3.8, 4) is 0 Å². The Balaban J connectivity index is 2.02. The van der Waals surface area contributed by atoms with E-state index in [1.54, 1.807) is 12.1 Å². The Morgan fingerprint density at radius 2 is 2.19 bits per heavy atom. The van der Waals surface area contributed by atoms with Crippen molar-refractivity contribution in [2.24, 2.45) is 0 Å². The van der Waals surface area contributed by atoms with Crippen LogP contribution in [0.5, 0.6) is 0 Å². The molecule has 116 valence electrons. The van der Waals surface area contributed by atoms with E-state index in [1.165, 1.54) is 0 Å². The number of carbonyl (C=O) groups excluding carboxylic acids is 1. The second-order valence-corrected chi connectivity index (χ2v) is 6.31. The summed E-state index contributed by atoms with van der Waals surface area (Å²) in [7, 11) is 3.76. The van der Waals surface area contributed by atoms with Gasteiger partial charge in [-0.05, 0) is 44.9 Å². The number of nitrogen functional groups attached to an aromatic ring is 1. The van der Waals surface area contributed by atoms with Crippen molar-refractivity contribution < 1.29 is 14.3 Å². The van der Waals surface area contributed by atoms with Crippen molar-refractivity contribution in [2.45, 2.75) is 38.4 Å². The molecule has 1 atom stereocenters. The van der Waals surface area contributed by atoms with Crippen molar-refractivity contribution in [1.29, 1.82) is 0 Å². The molecule has 1 fully saturated rings. The normalized spacial score (nSPS) is 20.3. The lowest BCUT2D eigenvalue weighted by atomic mass is 10.1. The van der Waals surface area contributed by atoms with Crippen LogP contribution in [0.1, 0.15) is 37.0 Å². The third kappa shape index (κ3) is 3.88. The Hall–Kier alpha value is -1.75. The first-order valence-corrected chi connectivity index (χ1v) is 7.20. The van der Waals surface area contributed by atoms with Gasteiger partial charge in [0, 0.05) is 19.8 Å². The van der Waals surface area contributed by atoms with Gasteiger partial charge >= 0.3 is 5.97 Å². The molecule has 0 amide bonds. The monoisotopic (exact) mass is 292 g/mol. The van der Waals surface area contributed by atoms with E-state index in [-0.39, 0.29) is 24.3 Å². The topological polar surface area (TPSA) is 64.8 Å². The molecule has 0 radical (unpaired) electrons. The molecule has 0 saturated carbocycles. The number of nitrogens with zero attached hydrogens (tertiary/aromatic N) is 1. The SMILES string of the molecule is CN(C)c1ccc(N)cc1C(=O)OCC1CCC(C)(C)O1. The van der Waals surface area contributed by atoms with Gasteiger partial charge in [0.2, 0.25) is 0 Å². The highest BCUT2D eigenvalue weighted by Crippen LogP contribution is 2.30. The predicted molar refractivity (Wildman–Crippen MR) is 83.6 cm³/mol. The maximum Gasteiger partial charge on any atom is 0.340 e. The molecule has 0 aliphatic carbocycles. The highest BCUT2D eigenvalue weighted by molar-refractivity contribution is 5.96. The van der Waals surface area contributed by atoms with E-state index in [9.17, 15) is 4.79 Å². The van der Waals surface area contributed by atoms with Crippen molar-refractivity contribution in [3.63, 3.8) is 0 Å². The van der Waals surface area contributed by atoms with Crippen molar-refractivity contribution in [2.75, 3.05) is 31.3 Å². The van der Waals surface area contributed by atoms with Gasteiger partial charge < -0.3 is 20.1 Å². The molecule has 0 spiro atoms. The van der Waals surface area contributed by atoms with Gasteiger partial charge in [-0.15, -0.1) is 0 Å². The summed E-state index contributed by atoms with van der Waals surface area (Å²) >= 11 is 0. The van der Waals surface area contributed by atoms with E-state index in [4.69, 9.17) is 15.2 Å². The lowest BCUT2D eigenvalue weighted by Crippen LogP contribution is -2.24. The van der Waals surface area contributed by atoms with Crippen LogP contribution >= 0.6 is 0 Å². The molecule has 2 rings (SSSR count). The Morgan fingerprint density at radius 1 is 1.48 bits per heavy atom. The molecular weight excluding hydrogens is 268 g/mol. The molecular formula is C16H24N2O3. The molecule has 1 aliphatic heterocycles. The van der Waals surface area contributed by atoms with Crippen LogP contribution < -0.4 is 10.6 Å². The minimum atomic E-state index is -0.362. The first-order valence-electron chi connectivity index (χ1n) is 7.20. The Bertz CT molecular complexity index is 526. The second kappa shape index (κ2) is 5.93. The van der Waals surface area contributed by atoms with Gasteiger partial charge in [0.15, 0.2) is 0 Å². The van der Waals surface area contributed by atoms with Gasteiger partial charge in [0.25, 0.3) is 0 Å². The maximum atomic E-state index is 12.3. The van der Waals surface area contributed by atoms with Crippen molar-refractivity contribution in [3.05, 3.63) is 23.8 Å². The largest absolute Gasteiger partial charge is 0.459 e. The van der Waals surface area contributed by atoms with Crippen LogP contribution in [0.2, 0.25) is 0 Å². The molecule has 1 heterocycles. The quantitative estimate of drug-likeness (QED) is 0.682. The van der Waals surface area contributed by atoms with Crippen molar-refractivity contribution in [1.82, 2.24) is 0 Å². The summed E-state index contributed by atoms with van der Waals surface area (Å²) < 4.78 is 11.2. The number of ether oxygens (including phenoxy) is 2. The smallest absolute Gasteiger partial charge is 0.340 e. The number of hydrogen-bond acceptors (Lipinski definition) is 5. The van der Waals surface area contributed by atoms with E-state index >= 15 is 0 Å². The predicted octanol–water partition coefficient (Wildman–Crippen LogP) is 2.45. The Morgan fingerprint density at radius 3 is 2.76 bits per heavy atom. The molecule has 0 aromatic heterocycles. The van der Waals surface area contributed by atoms with Gasteiger partial charge in [0.1, 0.15) is 6.61 Å². The van der Waals surface area contributed by atoms with Crippen LogP contribution in [-0.4, -0.2) is 38.4 Å².